The van der Waals surface area contributed by atoms with E-state index < -0.39 is 5.60 Å². The second-order valence-corrected chi connectivity index (χ2v) is 10.7. The van der Waals surface area contributed by atoms with E-state index in [2.05, 4.69) is 26.6 Å². The standard InChI is InChI=1S/C30H31N9O2/c1-17(27(32)35-16-31)38-21-9-10-22(38)13-30(41,12-21)26-25(18(2)40)28(33)39-29(37-26)23(15-36-39)20-8-11-24(34-14-20)19-6-4-3-5-7-19/h3-8,11,14-16,21-22,41H,1,9-10,12-13,33H2,2H3,(H3,31,32,35). The third kappa shape index (κ3) is 4.34. The Balaban J connectivity index is 1.42. The Morgan fingerprint density at radius 3 is 2.46 bits per heavy atom. The van der Waals surface area contributed by atoms with Gasteiger partial charge in [0, 0.05) is 47.8 Å². The first-order valence-electron chi connectivity index (χ1n) is 13.4. The van der Waals surface area contributed by atoms with E-state index >= 15 is 0 Å². The van der Waals surface area contributed by atoms with Crippen molar-refractivity contribution in [1.82, 2.24) is 24.5 Å². The molecule has 0 radical (unpaired) electrons. The fraction of sp³-hybridized carbons (Fsp3) is 0.267. The normalized spacial score (nSPS) is 22.2. The van der Waals surface area contributed by atoms with E-state index in [-0.39, 0.29) is 40.8 Å². The van der Waals surface area contributed by atoms with Gasteiger partial charge in [-0.05, 0) is 25.8 Å². The van der Waals surface area contributed by atoms with Gasteiger partial charge in [0.1, 0.15) is 23.6 Å². The largest absolute Gasteiger partial charge is 0.383 e. The summed E-state index contributed by atoms with van der Waals surface area (Å²) in [7, 11) is 0. The van der Waals surface area contributed by atoms with Gasteiger partial charge in [-0.15, -0.1) is 0 Å². The number of aliphatic hydroxyl groups is 1. The second-order valence-electron chi connectivity index (χ2n) is 10.7. The molecule has 2 aliphatic heterocycles. The molecular formula is C30H31N9O2. The number of nitrogens with two attached hydrogens (primary N) is 2. The van der Waals surface area contributed by atoms with Gasteiger partial charge in [-0.25, -0.2) is 9.98 Å². The molecule has 208 valence electrons. The number of carbonyl (C=O) groups excluding carboxylic acids is 1. The van der Waals surface area contributed by atoms with E-state index in [1.54, 1.807) is 12.4 Å². The highest BCUT2D eigenvalue weighted by molar-refractivity contribution is 6.01. The van der Waals surface area contributed by atoms with Gasteiger partial charge in [-0.3, -0.25) is 15.2 Å². The number of pyridine rings is 1. The highest BCUT2D eigenvalue weighted by atomic mass is 16.3. The monoisotopic (exact) mass is 549 g/mol. The second kappa shape index (κ2) is 9.93. The lowest BCUT2D eigenvalue weighted by Crippen LogP contribution is -2.51. The van der Waals surface area contributed by atoms with Gasteiger partial charge >= 0.3 is 0 Å². The molecule has 0 amide bonds. The molecule has 5 heterocycles. The molecular weight excluding hydrogens is 518 g/mol. The van der Waals surface area contributed by atoms with Crippen LogP contribution in [-0.2, 0) is 5.60 Å². The van der Waals surface area contributed by atoms with Crippen LogP contribution in [0.25, 0.3) is 28.0 Å². The number of rotatable bonds is 7. The lowest BCUT2D eigenvalue weighted by molar-refractivity contribution is -0.0485. The summed E-state index contributed by atoms with van der Waals surface area (Å²) in [6.45, 7) is 5.52. The van der Waals surface area contributed by atoms with Gasteiger partial charge in [-0.1, -0.05) is 43.0 Å². The molecule has 0 spiro atoms. The van der Waals surface area contributed by atoms with E-state index in [1.165, 1.54) is 11.4 Å². The Kier molecular flexibility index (Phi) is 6.38. The third-order valence-corrected chi connectivity index (χ3v) is 8.20. The minimum absolute atomic E-state index is 0.0936. The van der Waals surface area contributed by atoms with Crippen LogP contribution in [-0.4, -0.2) is 59.6 Å². The molecule has 6 rings (SSSR count). The Morgan fingerprint density at radius 1 is 1.15 bits per heavy atom. The van der Waals surface area contributed by atoms with Crippen molar-refractivity contribution in [2.75, 3.05) is 5.73 Å². The first-order chi connectivity index (χ1) is 19.7. The van der Waals surface area contributed by atoms with Gasteiger partial charge < -0.3 is 21.5 Å². The first-order valence-corrected chi connectivity index (χ1v) is 13.4. The number of Topliss-reactive ketones (excluding diaryl/α,β-unsaturated/α-hetero) is 1. The van der Waals surface area contributed by atoms with Crippen LogP contribution in [0.5, 0.6) is 0 Å². The SMILES string of the molecule is C=C(C(N)=NC=N)N1C2CCC1CC(O)(c1nc3c(-c4ccc(-c5ccccc5)nc4)cnn3c(N)c1C(C)=O)C2. The van der Waals surface area contributed by atoms with Gasteiger partial charge in [0.05, 0.1) is 28.8 Å². The molecule has 6 N–H and O–H groups in total. The minimum atomic E-state index is -1.41. The zero-order valence-corrected chi connectivity index (χ0v) is 22.7. The number of benzene rings is 1. The fourth-order valence-electron chi connectivity index (χ4n) is 6.37. The Bertz CT molecular complexity index is 1700. The smallest absolute Gasteiger partial charge is 0.165 e. The van der Waals surface area contributed by atoms with Crippen LogP contribution < -0.4 is 11.5 Å². The predicted molar refractivity (Wildman–Crippen MR) is 157 cm³/mol. The lowest BCUT2D eigenvalue weighted by Gasteiger charge is -2.45. The number of nitrogens with zero attached hydrogens (tertiary/aromatic N) is 6. The molecule has 11 heteroatoms. The van der Waals surface area contributed by atoms with Crippen LogP contribution >= 0.6 is 0 Å². The van der Waals surface area contributed by atoms with Crippen LogP contribution in [0.1, 0.15) is 48.7 Å². The molecule has 2 aliphatic rings. The van der Waals surface area contributed by atoms with Crippen molar-refractivity contribution in [2.24, 2.45) is 10.7 Å². The molecule has 1 aromatic carbocycles. The summed E-state index contributed by atoms with van der Waals surface area (Å²) in [4.78, 5) is 28.4. The molecule has 2 atom stereocenters. The Labute approximate surface area is 236 Å². The number of hydrogen-bond acceptors (Lipinski definition) is 8. The van der Waals surface area contributed by atoms with E-state index in [0.29, 0.717) is 29.7 Å². The maximum atomic E-state index is 12.9. The lowest BCUT2D eigenvalue weighted by atomic mass is 9.80. The summed E-state index contributed by atoms with van der Waals surface area (Å²) in [5, 5.41) is 23.9. The van der Waals surface area contributed by atoms with Crippen LogP contribution in [0.2, 0.25) is 0 Å². The van der Waals surface area contributed by atoms with E-state index in [0.717, 1.165) is 36.0 Å². The molecule has 4 aromatic rings. The number of nitrogens with one attached hydrogen (secondary N) is 1. The third-order valence-electron chi connectivity index (χ3n) is 8.20. The Morgan fingerprint density at radius 2 is 1.85 bits per heavy atom. The number of aliphatic imine (C=N–C) groups is 1. The molecule has 2 bridgehead atoms. The number of ketones is 1. The van der Waals surface area contributed by atoms with E-state index in [1.807, 2.05) is 42.5 Å². The summed E-state index contributed by atoms with van der Waals surface area (Å²) in [6, 6.07) is 13.6. The predicted octanol–water partition coefficient (Wildman–Crippen LogP) is 3.54. The molecule has 11 nitrogen and oxygen atoms in total. The molecule has 0 aliphatic carbocycles. The number of anilines is 1. The number of piperidine rings is 1. The number of fused-ring (bicyclic) bond motifs is 3. The van der Waals surface area contributed by atoms with Gasteiger partial charge in [0.2, 0.25) is 0 Å². The summed E-state index contributed by atoms with van der Waals surface area (Å²) < 4.78 is 1.45. The average molecular weight is 550 g/mol. The van der Waals surface area contributed by atoms with Crippen molar-refractivity contribution in [1.29, 1.82) is 5.41 Å². The zero-order valence-electron chi connectivity index (χ0n) is 22.7. The topological polar surface area (TPSA) is 172 Å². The number of carbonyl (C=O) groups is 1. The van der Waals surface area contributed by atoms with Crippen LogP contribution in [0.3, 0.4) is 0 Å². The minimum Gasteiger partial charge on any atom is -0.383 e. The quantitative estimate of drug-likeness (QED) is 0.154. The van der Waals surface area contributed by atoms with Crippen molar-refractivity contribution >= 4 is 29.4 Å². The van der Waals surface area contributed by atoms with Crippen LogP contribution in [0.15, 0.2) is 72.1 Å². The summed E-state index contributed by atoms with van der Waals surface area (Å²) >= 11 is 0. The molecule has 2 unspecified atom stereocenters. The van der Waals surface area contributed by atoms with Gasteiger partial charge in [-0.2, -0.15) is 9.61 Å². The van der Waals surface area contributed by atoms with Crippen molar-refractivity contribution in [3.05, 3.63) is 78.4 Å². The number of aromatic nitrogens is 4. The molecule has 41 heavy (non-hydrogen) atoms. The van der Waals surface area contributed by atoms with Crippen molar-refractivity contribution in [3.63, 3.8) is 0 Å². The first kappa shape index (κ1) is 26.3. The number of amidine groups is 1. The summed E-state index contributed by atoms with van der Waals surface area (Å²) in [6.07, 6.45) is 6.53. The highest BCUT2D eigenvalue weighted by Gasteiger charge is 2.51. The van der Waals surface area contributed by atoms with Crippen molar-refractivity contribution in [3.8, 4) is 22.4 Å². The number of hydrogen-bond donors (Lipinski definition) is 4. The fourth-order valence-corrected chi connectivity index (χ4v) is 6.37. The molecule has 3 aromatic heterocycles. The average Bonchev–Trinajstić information content (AvgIpc) is 3.52. The van der Waals surface area contributed by atoms with Crippen LogP contribution in [0.4, 0.5) is 5.82 Å². The van der Waals surface area contributed by atoms with Crippen molar-refractivity contribution in [2.45, 2.75) is 50.3 Å². The molecule has 2 fully saturated rings. The zero-order chi connectivity index (χ0) is 28.9. The maximum absolute atomic E-state index is 12.9. The van der Waals surface area contributed by atoms with Gasteiger partial charge in [0.25, 0.3) is 0 Å². The summed E-state index contributed by atoms with van der Waals surface area (Å²) in [5.74, 6) is 0.00624. The van der Waals surface area contributed by atoms with Crippen LogP contribution in [0, 0.1) is 5.41 Å². The Hall–Kier alpha value is -4.90. The number of nitrogen functional groups attached to an aromatic ring is 1. The van der Waals surface area contributed by atoms with E-state index in [9.17, 15) is 9.90 Å². The molecule has 2 saturated heterocycles. The highest BCUT2D eigenvalue weighted by Crippen LogP contribution is 2.48. The van der Waals surface area contributed by atoms with E-state index in [4.69, 9.17) is 21.9 Å². The van der Waals surface area contributed by atoms with Gasteiger partial charge in [0.15, 0.2) is 11.4 Å². The maximum Gasteiger partial charge on any atom is 0.165 e. The molecule has 0 saturated carbocycles. The van der Waals surface area contributed by atoms with Crippen molar-refractivity contribution < 1.29 is 9.90 Å². The summed E-state index contributed by atoms with van der Waals surface area (Å²) in [5.41, 5.74) is 15.9.